The third-order valence-electron chi connectivity index (χ3n) is 5.97. The van der Waals surface area contributed by atoms with E-state index in [-0.39, 0.29) is 35.9 Å². The molecule has 7 heteroatoms. The molecular weight excluding hydrogens is 391 g/mol. The van der Waals surface area contributed by atoms with Crippen molar-refractivity contribution in [2.24, 2.45) is 5.92 Å². The van der Waals surface area contributed by atoms with Crippen molar-refractivity contribution in [1.82, 2.24) is 9.62 Å². The molecule has 2 aromatic rings. The maximum Gasteiger partial charge on any atom is 0.245 e. The minimum Gasteiger partial charge on any atom is -0.349 e. The quantitative estimate of drug-likeness (QED) is 0.831. The smallest absolute Gasteiger partial charge is 0.245 e. The molecule has 1 fully saturated rings. The van der Waals surface area contributed by atoms with Crippen molar-refractivity contribution in [2.75, 3.05) is 13.1 Å². The van der Waals surface area contributed by atoms with E-state index in [0.29, 0.717) is 12.8 Å². The predicted octanol–water partition coefficient (Wildman–Crippen LogP) is 3.42. The highest BCUT2D eigenvalue weighted by molar-refractivity contribution is 7.89. The summed E-state index contributed by atoms with van der Waals surface area (Å²) in [4.78, 5) is 12.5. The Balaban J connectivity index is 1.39. The first kappa shape index (κ1) is 20.0. The first-order chi connectivity index (χ1) is 14.0. The summed E-state index contributed by atoms with van der Waals surface area (Å²) in [6.07, 6.45) is 3.88. The zero-order valence-corrected chi connectivity index (χ0v) is 17.0. The van der Waals surface area contributed by atoms with Crippen molar-refractivity contribution >= 4 is 15.9 Å². The summed E-state index contributed by atoms with van der Waals surface area (Å²) in [7, 11) is -3.88. The number of nitrogens with zero attached hydrogens (tertiary/aromatic N) is 1. The lowest BCUT2D eigenvalue weighted by Crippen LogP contribution is -2.44. The molecule has 1 N–H and O–H groups in total. The lowest BCUT2D eigenvalue weighted by Gasteiger charge is -2.32. The summed E-state index contributed by atoms with van der Waals surface area (Å²) >= 11 is 0. The number of piperidine rings is 1. The minimum absolute atomic E-state index is 0.0188. The zero-order chi connectivity index (χ0) is 20.4. The number of fused-ring (bicyclic) bond motifs is 1. The van der Waals surface area contributed by atoms with E-state index in [0.717, 1.165) is 25.3 Å². The van der Waals surface area contributed by atoms with Gasteiger partial charge in [-0.2, -0.15) is 4.31 Å². The second kappa shape index (κ2) is 8.24. The van der Waals surface area contributed by atoms with E-state index < -0.39 is 15.8 Å². The van der Waals surface area contributed by atoms with Crippen LogP contribution >= 0.6 is 0 Å². The lowest BCUT2D eigenvalue weighted by molar-refractivity contribution is -0.127. The molecule has 0 saturated carbocycles. The minimum atomic E-state index is -3.88. The van der Waals surface area contributed by atoms with Crippen molar-refractivity contribution < 1.29 is 17.6 Å². The third kappa shape index (κ3) is 4.07. The molecule has 154 valence electrons. The number of aryl methyl sites for hydroxylation is 1. The van der Waals surface area contributed by atoms with E-state index in [2.05, 4.69) is 17.4 Å². The second-order valence-electron chi connectivity index (χ2n) is 7.76. The van der Waals surface area contributed by atoms with Gasteiger partial charge in [-0.1, -0.05) is 36.4 Å². The maximum absolute atomic E-state index is 14.0. The molecule has 0 radical (unpaired) electrons. The number of halogens is 1. The molecule has 4 rings (SSSR count). The van der Waals surface area contributed by atoms with Crippen LogP contribution in [0.3, 0.4) is 0 Å². The van der Waals surface area contributed by atoms with Gasteiger partial charge in [-0.15, -0.1) is 0 Å². The van der Waals surface area contributed by atoms with Gasteiger partial charge < -0.3 is 5.32 Å². The predicted molar refractivity (Wildman–Crippen MR) is 108 cm³/mol. The van der Waals surface area contributed by atoms with Crippen molar-refractivity contribution in [3.8, 4) is 0 Å². The summed E-state index contributed by atoms with van der Waals surface area (Å²) in [5, 5.41) is 3.17. The van der Waals surface area contributed by atoms with E-state index in [1.165, 1.54) is 33.6 Å². The number of rotatable bonds is 4. The highest BCUT2D eigenvalue weighted by Gasteiger charge is 2.34. The molecule has 0 spiro atoms. The highest BCUT2D eigenvalue weighted by Crippen LogP contribution is 2.31. The Morgan fingerprint density at radius 2 is 1.69 bits per heavy atom. The number of benzene rings is 2. The van der Waals surface area contributed by atoms with Crippen LogP contribution in [-0.4, -0.2) is 31.7 Å². The van der Waals surface area contributed by atoms with Gasteiger partial charge in [-0.05, 0) is 55.4 Å². The van der Waals surface area contributed by atoms with Gasteiger partial charge in [0.2, 0.25) is 15.9 Å². The van der Waals surface area contributed by atoms with Gasteiger partial charge in [0.1, 0.15) is 10.7 Å². The van der Waals surface area contributed by atoms with Crippen LogP contribution in [0.15, 0.2) is 53.4 Å². The molecule has 1 saturated heterocycles. The van der Waals surface area contributed by atoms with Crippen LogP contribution < -0.4 is 5.32 Å². The molecule has 5 nitrogen and oxygen atoms in total. The molecule has 0 unspecified atom stereocenters. The molecule has 1 amide bonds. The number of sulfonamides is 1. The van der Waals surface area contributed by atoms with Gasteiger partial charge in [0.05, 0.1) is 6.04 Å². The van der Waals surface area contributed by atoms with Crippen LogP contribution in [-0.2, 0) is 21.2 Å². The monoisotopic (exact) mass is 416 g/mol. The summed E-state index contributed by atoms with van der Waals surface area (Å²) in [6.45, 7) is 0.437. The van der Waals surface area contributed by atoms with Crippen molar-refractivity contribution in [3.63, 3.8) is 0 Å². The van der Waals surface area contributed by atoms with Gasteiger partial charge in [0.25, 0.3) is 0 Å². The SMILES string of the molecule is O=C(N[C@H]1CCCc2ccccc21)C1CCN(S(=O)(=O)c2ccccc2F)CC1. The Hall–Kier alpha value is -2.25. The van der Waals surface area contributed by atoms with E-state index in [9.17, 15) is 17.6 Å². The molecule has 0 aromatic heterocycles. The standard InChI is InChI=1S/C22H25FN2O3S/c23-19-9-3-4-11-21(19)29(27,28)25-14-12-17(13-15-25)22(26)24-20-10-5-7-16-6-1-2-8-18(16)20/h1-4,6,8-9,11,17,20H,5,7,10,12-15H2,(H,24,26)/t20-/m0/s1. The number of nitrogens with one attached hydrogen (secondary N) is 1. The Morgan fingerprint density at radius 3 is 2.45 bits per heavy atom. The van der Waals surface area contributed by atoms with Crippen molar-refractivity contribution in [1.29, 1.82) is 0 Å². The van der Waals surface area contributed by atoms with Crippen LogP contribution in [0.4, 0.5) is 4.39 Å². The average Bonchev–Trinajstić information content (AvgIpc) is 2.74. The Bertz CT molecular complexity index is 1000. The van der Waals surface area contributed by atoms with Crippen molar-refractivity contribution in [2.45, 2.75) is 43.0 Å². The van der Waals surface area contributed by atoms with E-state index in [4.69, 9.17) is 0 Å². The third-order valence-corrected chi connectivity index (χ3v) is 7.90. The van der Waals surface area contributed by atoms with Crippen LogP contribution in [0.5, 0.6) is 0 Å². The molecular formula is C22H25FN2O3S. The molecule has 2 aromatic carbocycles. The fourth-order valence-corrected chi connectivity index (χ4v) is 5.88. The number of hydrogen-bond donors (Lipinski definition) is 1. The number of carbonyl (C=O) groups is 1. The first-order valence-corrected chi connectivity index (χ1v) is 11.5. The van der Waals surface area contributed by atoms with E-state index in [1.807, 2.05) is 12.1 Å². The van der Waals surface area contributed by atoms with Gasteiger partial charge in [0, 0.05) is 19.0 Å². The fraction of sp³-hybridized carbons (Fsp3) is 0.409. The molecule has 29 heavy (non-hydrogen) atoms. The topological polar surface area (TPSA) is 66.5 Å². The van der Waals surface area contributed by atoms with Gasteiger partial charge >= 0.3 is 0 Å². The van der Waals surface area contributed by atoms with Crippen LogP contribution in [0, 0.1) is 11.7 Å². The number of hydrogen-bond acceptors (Lipinski definition) is 3. The summed E-state index contributed by atoms with van der Waals surface area (Å²) < 4.78 is 40.7. The summed E-state index contributed by atoms with van der Waals surface area (Å²) in [5.74, 6) is -0.992. The van der Waals surface area contributed by atoms with Crippen LogP contribution in [0.1, 0.15) is 42.9 Å². The molecule has 1 aliphatic carbocycles. The lowest BCUT2D eigenvalue weighted by atomic mass is 9.87. The van der Waals surface area contributed by atoms with Crippen molar-refractivity contribution in [3.05, 3.63) is 65.5 Å². The van der Waals surface area contributed by atoms with Crippen LogP contribution in [0.2, 0.25) is 0 Å². The Kier molecular flexibility index (Phi) is 5.69. The Morgan fingerprint density at radius 1 is 1.00 bits per heavy atom. The van der Waals surface area contributed by atoms with E-state index in [1.54, 1.807) is 0 Å². The zero-order valence-electron chi connectivity index (χ0n) is 16.2. The van der Waals surface area contributed by atoms with E-state index >= 15 is 0 Å². The van der Waals surface area contributed by atoms with Gasteiger partial charge in [-0.3, -0.25) is 4.79 Å². The maximum atomic E-state index is 14.0. The molecule has 1 atom stereocenters. The first-order valence-electron chi connectivity index (χ1n) is 10.1. The second-order valence-corrected chi connectivity index (χ2v) is 9.67. The summed E-state index contributed by atoms with van der Waals surface area (Å²) in [5.41, 5.74) is 2.47. The normalized spacial score (nSPS) is 20.8. The number of carbonyl (C=O) groups excluding carboxylic acids is 1. The summed E-state index contributed by atoms with van der Waals surface area (Å²) in [6, 6.07) is 13.6. The average molecular weight is 417 g/mol. The molecule has 2 aliphatic rings. The Labute approximate surface area is 171 Å². The molecule has 1 heterocycles. The molecule has 1 aliphatic heterocycles. The van der Waals surface area contributed by atoms with Gasteiger partial charge in [0.15, 0.2) is 0 Å². The molecule has 0 bridgehead atoms. The number of amides is 1. The largest absolute Gasteiger partial charge is 0.349 e. The van der Waals surface area contributed by atoms with Gasteiger partial charge in [-0.25, -0.2) is 12.8 Å². The van der Waals surface area contributed by atoms with Crippen LogP contribution in [0.25, 0.3) is 0 Å². The fourth-order valence-electron chi connectivity index (χ4n) is 4.34. The highest BCUT2D eigenvalue weighted by atomic mass is 32.2.